The molecule has 1 saturated carbocycles. The van der Waals surface area contributed by atoms with Gasteiger partial charge in [-0.15, -0.1) is 0 Å². The van der Waals surface area contributed by atoms with Gasteiger partial charge in [-0.2, -0.15) is 0 Å². The van der Waals surface area contributed by atoms with E-state index < -0.39 is 0 Å². The third kappa shape index (κ3) is 1.82. The van der Waals surface area contributed by atoms with Gasteiger partial charge in [0.2, 0.25) is 0 Å². The average molecular weight is 196 g/mol. The van der Waals surface area contributed by atoms with Crippen molar-refractivity contribution >= 4 is 0 Å². The van der Waals surface area contributed by atoms with Gasteiger partial charge in [0.25, 0.3) is 0 Å². The third-order valence-corrected chi connectivity index (χ3v) is 4.27. The minimum atomic E-state index is 0.794. The summed E-state index contributed by atoms with van der Waals surface area (Å²) in [6, 6.07) is 1.61. The molecule has 14 heavy (non-hydrogen) atoms. The van der Waals surface area contributed by atoms with Crippen LogP contribution in [0, 0.1) is 11.8 Å². The molecule has 2 fully saturated rings. The number of hydrogen-bond acceptors (Lipinski definition) is 2. The Kier molecular flexibility index (Phi) is 3.13. The van der Waals surface area contributed by atoms with Gasteiger partial charge in [-0.1, -0.05) is 6.92 Å². The van der Waals surface area contributed by atoms with Crippen LogP contribution in [0.15, 0.2) is 0 Å². The number of nitrogens with two attached hydrogens (primary N) is 1. The minimum absolute atomic E-state index is 0.794. The monoisotopic (exact) mass is 196 g/mol. The van der Waals surface area contributed by atoms with Gasteiger partial charge in [-0.05, 0) is 51.0 Å². The van der Waals surface area contributed by atoms with Crippen LogP contribution in [0.1, 0.15) is 39.5 Å². The molecule has 0 aromatic rings. The van der Waals surface area contributed by atoms with Gasteiger partial charge >= 0.3 is 0 Å². The highest BCUT2D eigenvalue weighted by atomic mass is 15.2. The number of hydrogen-bond donors (Lipinski definition) is 1. The van der Waals surface area contributed by atoms with Crippen molar-refractivity contribution in [2.45, 2.75) is 51.6 Å². The first-order chi connectivity index (χ1) is 6.72. The molecule has 2 N–H and O–H groups in total. The molecule has 0 radical (unpaired) electrons. The standard InChI is InChI=1S/C12H24N2/c1-9-3-4-10(2)14(8-9)12-6-5-11(12)7-13/h9-12H,3-8,13H2,1-2H3. The molecule has 1 aliphatic carbocycles. The fraction of sp³-hybridized carbons (Fsp3) is 1.00. The van der Waals surface area contributed by atoms with E-state index in [9.17, 15) is 0 Å². The maximum atomic E-state index is 5.78. The SMILES string of the molecule is CC1CCC(C)N(C2CCC2CN)C1. The topological polar surface area (TPSA) is 29.3 Å². The summed E-state index contributed by atoms with van der Waals surface area (Å²) >= 11 is 0. The summed E-state index contributed by atoms with van der Waals surface area (Å²) in [5.41, 5.74) is 5.78. The molecule has 2 rings (SSSR count). The van der Waals surface area contributed by atoms with E-state index in [1.54, 1.807) is 0 Å². The van der Waals surface area contributed by atoms with Gasteiger partial charge in [-0.3, -0.25) is 4.90 Å². The Morgan fingerprint density at radius 3 is 2.50 bits per heavy atom. The summed E-state index contributed by atoms with van der Waals surface area (Å²) in [6.45, 7) is 6.97. The highest BCUT2D eigenvalue weighted by molar-refractivity contribution is 4.93. The summed E-state index contributed by atoms with van der Waals surface area (Å²) in [7, 11) is 0. The van der Waals surface area contributed by atoms with Gasteiger partial charge < -0.3 is 5.73 Å². The van der Waals surface area contributed by atoms with Crippen molar-refractivity contribution in [2.75, 3.05) is 13.1 Å². The molecule has 0 aromatic heterocycles. The smallest absolute Gasteiger partial charge is 0.0139 e. The molecule has 82 valence electrons. The molecule has 2 heteroatoms. The van der Waals surface area contributed by atoms with E-state index in [0.717, 1.165) is 30.5 Å². The molecule has 1 heterocycles. The van der Waals surface area contributed by atoms with Crippen LogP contribution in [0.4, 0.5) is 0 Å². The lowest BCUT2D eigenvalue weighted by atomic mass is 9.76. The number of piperidine rings is 1. The summed E-state index contributed by atoms with van der Waals surface area (Å²) in [5, 5.41) is 0. The lowest BCUT2D eigenvalue weighted by Crippen LogP contribution is -2.55. The highest BCUT2D eigenvalue weighted by Gasteiger charge is 2.38. The first-order valence-corrected chi connectivity index (χ1v) is 6.18. The average Bonchev–Trinajstić information content (AvgIpc) is 2.10. The van der Waals surface area contributed by atoms with E-state index in [2.05, 4.69) is 18.7 Å². The molecular weight excluding hydrogens is 172 g/mol. The van der Waals surface area contributed by atoms with Gasteiger partial charge in [0.15, 0.2) is 0 Å². The van der Waals surface area contributed by atoms with E-state index >= 15 is 0 Å². The third-order valence-electron chi connectivity index (χ3n) is 4.27. The van der Waals surface area contributed by atoms with Crippen molar-refractivity contribution < 1.29 is 0 Å². The summed E-state index contributed by atoms with van der Waals surface area (Å²) in [4.78, 5) is 2.73. The Balaban J connectivity index is 1.94. The number of rotatable bonds is 2. The second kappa shape index (κ2) is 4.19. The van der Waals surface area contributed by atoms with Crippen LogP contribution in [0.3, 0.4) is 0 Å². The Labute approximate surface area is 87.8 Å². The van der Waals surface area contributed by atoms with Crippen LogP contribution in [0.25, 0.3) is 0 Å². The molecule has 2 aliphatic rings. The molecule has 2 nitrogen and oxygen atoms in total. The van der Waals surface area contributed by atoms with Gasteiger partial charge in [0, 0.05) is 18.6 Å². The summed E-state index contributed by atoms with van der Waals surface area (Å²) in [5.74, 6) is 1.69. The molecular formula is C12H24N2. The van der Waals surface area contributed by atoms with E-state index in [4.69, 9.17) is 5.73 Å². The first kappa shape index (κ1) is 10.4. The summed E-state index contributed by atoms with van der Waals surface area (Å²) < 4.78 is 0. The Morgan fingerprint density at radius 1 is 1.14 bits per heavy atom. The maximum Gasteiger partial charge on any atom is 0.0139 e. The van der Waals surface area contributed by atoms with Gasteiger partial charge in [0.05, 0.1) is 0 Å². The second-order valence-corrected chi connectivity index (χ2v) is 5.37. The van der Waals surface area contributed by atoms with Crippen LogP contribution in [-0.2, 0) is 0 Å². The number of nitrogens with zero attached hydrogens (tertiary/aromatic N) is 1. The zero-order valence-electron chi connectivity index (χ0n) is 9.58. The van der Waals surface area contributed by atoms with Crippen molar-refractivity contribution in [2.24, 2.45) is 17.6 Å². The van der Waals surface area contributed by atoms with E-state index in [1.807, 2.05) is 0 Å². The van der Waals surface area contributed by atoms with E-state index in [-0.39, 0.29) is 0 Å². The fourth-order valence-corrected chi connectivity index (χ4v) is 3.05. The van der Waals surface area contributed by atoms with Crippen molar-refractivity contribution in [3.05, 3.63) is 0 Å². The molecule has 4 unspecified atom stereocenters. The molecule has 0 amide bonds. The summed E-state index contributed by atoms with van der Waals surface area (Å²) in [6.07, 6.45) is 5.55. The molecule has 4 atom stereocenters. The van der Waals surface area contributed by atoms with Crippen molar-refractivity contribution in [3.63, 3.8) is 0 Å². The zero-order chi connectivity index (χ0) is 10.1. The van der Waals surface area contributed by atoms with Crippen LogP contribution in [0.2, 0.25) is 0 Å². The van der Waals surface area contributed by atoms with Crippen LogP contribution in [0.5, 0.6) is 0 Å². The van der Waals surface area contributed by atoms with E-state index in [0.29, 0.717) is 0 Å². The predicted octanol–water partition coefficient (Wildman–Crippen LogP) is 1.84. The largest absolute Gasteiger partial charge is 0.330 e. The van der Waals surface area contributed by atoms with Gasteiger partial charge in [-0.25, -0.2) is 0 Å². The molecule has 1 saturated heterocycles. The molecule has 0 spiro atoms. The van der Waals surface area contributed by atoms with Crippen LogP contribution >= 0.6 is 0 Å². The quantitative estimate of drug-likeness (QED) is 0.730. The van der Waals surface area contributed by atoms with Gasteiger partial charge in [0.1, 0.15) is 0 Å². The Bertz CT molecular complexity index is 191. The second-order valence-electron chi connectivity index (χ2n) is 5.37. The predicted molar refractivity (Wildman–Crippen MR) is 60.1 cm³/mol. The Morgan fingerprint density at radius 2 is 1.93 bits per heavy atom. The first-order valence-electron chi connectivity index (χ1n) is 6.18. The molecule has 0 aromatic carbocycles. The Hall–Kier alpha value is -0.0800. The normalized spacial score (nSPS) is 44.8. The minimum Gasteiger partial charge on any atom is -0.330 e. The zero-order valence-corrected chi connectivity index (χ0v) is 9.58. The highest BCUT2D eigenvalue weighted by Crippen LogP contribution is 2.36. The fourth-order valence-electron chi connectivity index (χ4n) is 3.05. The van der Waals surface area contributed by atoms with Crippen LogP contribution < -0.4 is 5.73 Å². The van der Waals surface area contributed by atoms with Crippen molar-refractivity contribution in [3.8, 4) is 0 Å². The number of likely N-dealkylation sites (tertiary alicyclic amines) is 1. The van der Waals surface area contributed by atoms with Crippen molar-refractivity contribution in [1.82, 2.24) is 4.90 Å². The van der Waals surface area contributed by atoms with Crippen molar-refractivity contribution in [1.29, 1.82) is 0 Å². The van der Waals surface area contributed by atoms with Crippen LogP contribution in [-0.4, -0.2) is 30.1 Å². The lowest BCUT2D eigenvalue weighted by molar-refractivity contribution is 0.00110. The lowest BCUT2D eigenvalue weighted by Gasteiger charge is -2.50. The maximum absolute atomic E-state index is 5.78. The molecule has 1 aliphatic heterocycles. The molecule has 0 bridgehead atoms. The van der Waals surface area contributed by atoms with E-state index in [1.165, 1.54) is 32.2 Å².